The van der Waals surface area contributed by atoms with Crippen LogP contribution in [0.1, 0.15) is 16.7 Å². The SMILES string of the molecule is Cc1ccccc1C[n+]1ccc(-c2cc[n+](Cc3ccccc3B(O)O)cc2)cc1. The maximum Gasteiger partial charge on any atom is 0.488 e. The molecule has 2 heterocycles. The number of aryl methyl sites for hydroxylation is 1. The maximum atomic E-state index is 9.55. The topological polar surface area (TPSA) is 48.2 Å². The first-order chi connectivity index (χ1) is 14.6. The molecule has 0 unspecified atom stereocenters. The van der Waals surface area contributed by atoms with Gasteiger partial charge in [0, 0.05) is 35.4 Å². The van der Waals surface area contributed by atoms with Gasteiger partial charge in [-0.15, -0.1) is 0 Å². The monoisotopic (exact) mass is 396 g/mol. The van der Waals surface area contributed by atoms with Crippen LogP contribution in [0.3, 0.4) is 0 Å². The van der Waals surface area contributed by atoms with Crippen molar-refractivity contribution in [1.29, 1.82) is 0 Å². The summed E-state index contributed by atoms with van der Waals surface area (Å²) >= 11 is 0. The third kappa shape index (κ3) is 4.65. The molecule has 0 amide bonds. The molecule has 30 heavy (non-hydrogen) atoms. The normalized spacial score (nSPS) is 10.8. The van der Waals surface area contributed by atoms with Gasteiger partial charge in [-0.3, -0.25) is 0 Å². The first-order valence-electron chi connectivity index (χ1n) is 10.1. The van der Waals surface area contributed by atoms with E-state index in [9.17, 15) is 10.0 Å². The molecule has 0 aliphatic carbocycles. The molecular formula is C25H25BN2O2+2. The van der Waals surface area contributed by atoms with E-state index >= 15 is 0 Å². The first-order valence-corrected chi connectivity index (χ1v) is 10.1. The van der Waals surface area contributed by atoms with Crippen LogP contribution in [0.4, 0.5) is 0 Å². The molecule has 0 bridgehead atoms. The molecule has 4 nitrogen and oxygen atoms in total. The quantitative estimate of drug-likeness (QED) is 0.387. The summed E-state index contributed by atoms with van der Waals surface area (Å²) in [5.74, 6) is 0. The largest absolute Gasteiger partial charge is 0.488 e. The van der Waals surface area contributed by atoms with Crippen molar-refractivity contribution in [3.8, 4) is 11.1 Å². The van der Waals surface area contributed by atoms with Gasteiger partial charge in [-0.05, 0) is 29.1 Å². The molecule has 2 aromatic carbocycles. The van der Waals surface area contributed by atoms with Crippen molar-refractivity contribution >= 4 is 12.6 Å². The highest BCUT2D eigenvalue weighted by molar-refractivity contribution is 6.59. The van der Waals surface area contributed by atoms with Crippen LogP contribution in [0.25, 0.3) is 11.1 Å². The molecule has 0 aliphatic rings. The Hall–Kier alpha value is -3.28. The number of pyridine rings is 2. The molecule has 2 aromatic heterocycles. The molecule has 2 N–H and O–H groups in total. The fourth-order valence-corrected chi connectivity index (χ4v) is 3.62. The van der Waals surface area contributed by atoms with Crippen LogP contribution >= 0.6 is 0 Å². The van der Waals surface area contributed by atoms with Crippen molar-refractivity contribution in [2.75, 3.05) is 0 Å². The highest BCUT2D eigenvalue weighted by Crippen LogP contribution is 2.16. The van der Waals surface area contributed by atoms with Crippen LogP contribution in [0, 0.1) is 6.92 Å². The number of aromatic nitrogens is 2. The fourth-order valence-electron chi connectivity index (χ4n) is 3.62. The summed E-state index contributed by atoms with van der Waals surface area (Å²) in [7, 11) is -1.46. The van der Waals surface area contributed by atoms with Gasteiger partial charge in [0.1, 0.15) is 0 Å². The average molecular weight is 396 g/mol. The highest BCUT2D eigenvalue weighted by Gasteiger charge is 2.17. The molecule has 0 spiro atoms. The van der Waals surface area contributed by atoms with Crippen molar-refractivity contribution < 1.29 is 19.2 Å². The molecule has 4 aromatic rings. The van der Waals surface area contributed by atoms with Crippen LogP contribution in [-0.2, 0) is 13.1 Å². The lowest BCUT2D eigenvalue weighted by Gasteiger charge is -2.06. The zero-order valence-electron chi connectivity index (χ0n) is 17.0. The summed E-state index contributed by atoms with van der Waals surface area (Å²) in [5.41, 5.74) is 6.36. The number of hydrogen-bond donors (Lipinski definition) is 2. The Labute approximate surface area is 177 Å². The van der Waals surface area contributed by atoms with E-state index in [4.69, 9.17) is 0 Å². The van der Waals surface area contributed by atoms with Gasteiger partial charge in [-0.2, -0.15) is 0 Å². The summed E-state index contributed by atoms with van der Waals surface area (Å²) in [6.07, 6.45) is 8.26. The Bertz CT molecular complexity index is 1130. The minimum Gasteiger partial charge on any atom is -0.423 e. The molecular weight excluding hydrogens is 371 g/mol. The van der Waals surface area contributed by atoms with Gasteiger partial charge < -0.3 is 10.0 Å². The van der Waals surface area contributed by atoms with E-state index in [1.807, 2.05) is 35.2 Å². The minimum absolute atomic E-state index is 0.537. The van der Waals surface area contributed by atoms with Crippen LogP contribution in [-0.4, -0.2) is 17.2 Å². The molecule has 0 saturated heterocycles. The van der Waals surface area contributed by atoms with Crippen LogP contribution < -0.4 is 14.6 Å². The molecule has 0 aliphatic heterocycles. The maximum absolute atomic E-state index is 9.55. The van der Waals surface area contributed by atoms with Crippen LogP contribution in [0.15, 0.2) is 97.6 Å². The van der Waals surface area contributed by atoms with Crippen molar-refractivity contribution in [1.82, 2.24) is 0 Å². The Morgan fingerprint density at radius 2 is 1.10 bits per heavy atom. The second kappa shape index (κ2) is 9.03. The van der Waals surface area contributed by atoms with E-state index in [1.54, 1.807) is 6.07 Å². The number of hydrogen-bond acceptors (Lipinski definition) is 2. The molecule has 4 rings (SSSR count). The summed E-state index contributed by atoms with van der Waals surface area (Å²) < 4.78 is 4.22. The molecule has 5 heteroatoms. The van der Waals surface area contributed by atoms with Crippen molar-refractivity contribution in [3.05, 3.63) is 114 Å². The number of nitrogens with zero attached hydrogens (tertiary/aromatic N) is 2. The second-order valence-corrected chi connectivity index (χ2v) is 7.52. The summed E-state index contributed by atoms with van der Waals surface area (Å²) in [6, 6.07) is 24.3. The third-order valence-electron chi connectivity index (χ3n) is 5.42. The van der Waals surface area contributed by atoms with Gasteiger partial charge in [0.15, 0.2) is 37.9 Å². The van der Waals surface area contributed by atoms with Crippen molar-refractivity contribution in [2.24, 2.45) is 0 Å². The van der Waals surface area contributed by atoms with Crippen LogP contribution in [0.5, 0.6) is 0 Å². The number of rotatable bonds is 6. The van der Waals surface area contributed by atoms with E-state index in [2.05, 4.69) is 72.4 Å². The molecule has 0 fully saturated rings. The van der Waals surface area contributed by atoms with E-state index in [1.165, 1.54) is 11.1 Å². The predicted molar refractivity (Wildman–Crippen MR) is 118 cm³/mol. The zero-order chi connectivity index (χ0) is 20.9. The summed E-state index contributed by atoms with van der Waals surface area (Å²) in [6.45, 7) is 3.58. The van der Waals surface area contributed by atoms with Gasteiger partial charge >= 0.3 is 7.12 Å². The fraction of sp³-hybridized carbons (Fsp3) is 0.120. The Kier molecular flexibility index (Phi) is 6.03. The highest BCUT2D eigenvalue weighted by atomic mass is 16.4. The Balaban J connectivity index is 1.47. The van der Waals surface area contributed by atoms with Gasteiger partial charge in [-0.25, -0.2) is 9.13 Å². The van der Waals surface area contributed by atoms with Gasteiger partial charge in [0.2, 0.25) is 0 Å². The zero-order valence-corrected chi connectivity index (χ0v) is 17.0. The lowest BCUT2D eigenvalue weighted by molar-refractivity contribution is -0.688. The second-order valence-electron chi connectivity index (χ2n) is 7.52. The van der Waals surface area contributed by atoms with E-state index < -0.39 is 7.12 Å². The molecule has 148 valence electrons. The summed E-state index contributed by atoms with van der Waals surface area (Å²) in [4.78, 5) is 0. The summed E-state index contributed by atoms with van der Waals surface area (Å²) in [5, 5.41) is 19.1. The predicted octanol–water partition coefficient (Wildman–Crippen LogP) is 2.01. The van der Waals surface area contributed by atoms with Crippen molar-refractivity contribution in [2.45, 2.75) is 20.0 Å². The lowest BCUT2D eigenvalue weighted by atomic mass is 9.77. The lowest BCUT2D eigenvalue weighted by Crippen LogP contribution is -2.40. The minimum atomic E-state index is -1.46. The van der Waals surface area contributed by atoms with E-state index in [0.29, 0.717) is 12.0 Å². The van der Waals surface area contributed by atoms with Crippen molar-refractivity contribution in [3.63, 3.8) is 0 Å². The van der Waals surface area contributed by atoms with Gasteiger partial charge in [0.05, 0.1) is 0 Å². The average Bonchev–Trinajstić information content (AvgIpc) is 2.77. The van der Waals surface area contributed by atoms with E-state index in [-0.39, 0.29) is 0 Å². The Morgan fingerprint density at radius 1 is 0.633 bits per heavy atom. The van der Waals surface area contributed by atoms with Gasteiger partial charge in [-0.1, -0.05) is 48.5 Å². The molecule has 0 saturated carbocycles. The molecule has 0 atom stereocenters. The van der Waals surface area contributed by atoms with E-state index in [0.717, 1.165) is 23.2 Å². The standard InChI is InChI=1S/C25H25BN2O2/c1-20-6-2-3-7-23(20)18-27-14-10-21(11-15-27)22-12-16-28(17-13-22)19-24-8-4-5-9-25(24)26(29)30/h2-17,29-30H,18-19H2,1H3/q+2. The molecule has 0 radical (unpaired) electrons. The Morgan fingerprint density at radius 3 is 1.63 bits per heavy atom. The number of benzene rings is 2. The van der Waals surface area contributed by atoms with Crippen LogP contribution in [0.2, 0.25) is 0 Å². The smallest absolute Gasteiger partial charge is 0.423 e. The third-order valence-corrected chi connectivity index (χ3v) is 5.42. The van der Waals surface area contributed by atoms with Gasteiger partial charge in [0.25, 0.3) is 0 Å². The first kappa shape index (κ1) is 20.0.